The molecule has 0 aliphatic carbocycles. The summed E-state index contributed by atoms with van der Waals surface area (Å²) in [5.41, 5.74) is 2.76. The predicted molar refractivity (Wildman–Crippen MR) is 82.4 cm³/mol. The second-order valence-electron chi connectivity index (χ2n) is 5.62. The standard InChI is InChI=1S/C18H22N2/c1-15(16-8-3-2-4-9-16)20-13-6-5-11-18(20)17-10-7-12-19-14-17/h2-4,7-10,12,14-15,18H,5-6,11,13H2,1H3/t15-,18+/m0/s1. The molecule has 0 amide bonds. The normalized spacial score (nSPS) is 21.6. The van der Waals surface area contributed by atoms with Gasteiger partial charge in [0.1, 0.15) is 0 Å². The Balaban J connectivity index is 1.86. The molecular weight excluding hydrogens is 244 g/mol. The van der Waals surface area contributed by atoms with Gasteiger partial charge in [-0.05, 0) is 43.5 Å². The van der Waals surface area contributed by atoms with Crippen LogP contribution in [0.15, 0.2) is 54.9 Å². The zero-order chi connectivity index (χ0) is 13.8. The summed E-state index contributed by atoms with van der Waals surface area (Å²) in [5, 5.41) is 0. The second kappa shape index (κ2) is 6.19. The minimum absolute atomic E-state index is 0.460. The Morgan fingerprint density at radius 2 is 1.95 bits per heavy atom. The largest absolute Gasteiger partial charge is 0.290 e. The Labute approximate surface area is 121 Å². The summed E-state index contributed by atoms with van der Waals surface area (Å²) in [6, 6.07) is 16.1. The summed E-state index contributed by atoms with van der Waals surface area (Å²) in [4.78, 5) is 6.93. The molecule has 0 bridgehead atoms. The molecule has 1 aromatic heterocycles. The molecule has 0 N–H and O–H groups in total. The van der Waals surface area contributed by atoms with Crippen molar-refractivity contribution in [3.8, 4) is 0 Å². The van der Waals surface area contributed by atoms with Crippen LogP contribution in [-0.4, -0.2) is 16.4 Å². The van der Waals surface area contributed by atoms with Gasteiger partial charge in [-0.15, -0.1) is 0 Å². The molecule has 2 atom stereocenters. The van der Waals surface area contributed by atoms with E-state index in [4.69, 9.17) is 0 Å². The summed E-state index contributed by atoms with van der Waals surface area (Å²) in [7, 11) is 0. The minimum atomic E-state index is 0.460. The van der Waals surface area contributed by atoms with E-state index in [0.29, 0.717) is 12.1 Å². The molecule has 1 aliphatic rings. The van der Waals surface area contributed by atoms with Crippen LogP contribution in [0, 0.1) is 0 Å². The van der Waals surface area contributed by atoms with Crippen molar-refractivity contribution >= 4 is 0 Å². The monoisotopic (exact) mass is 266 g/mol. The van der Waals surface area contributed by atoms with Crippen LogP contribution in [0.25, 0.3) is 0 Å². The molecule has 1 saturated heterocycles. The Bertz CT molecular complexity index is 524. The van der Waals surface area contributed by atoms with Crippen molar-refractivity contribution in [1.29, 1.82) is 0 Å². The lowest BCUT2D eigenvalue weighted by Gasteiger charge is -2.40. The number of likely N-dealkylation sites (tertiary alicyclic amines) is 1. The van der Waals surface area contributed by atoms with Gasteiger partial charge >= 0.3 is 0 Å². The molecule has 2 nitrogen and oxygen atoms in total. The van der Waals surface area contributed by atoms with E-state index < -0.39 is 0 Å². The van der Waals surface area contributed by atoms with Crippen molar-refractivity contribution in [2.75, 3.05) is 6.54 Å². The quantitative estimate of drug-likeness (QED) is 0.820. The molecule has 1 fully saturated rings. The maximum absolute atomic E-state index is 4.30. The van der Waals surface area contributed by atoms with Gasteiger partial charge in [-0.2, -0.15) is 0 Å². The highest BCUT2D eigenvalue weighted by Gasteiger charge is 2.28. The van der Waals surface area contributed by atoms with Crippen LogP contribution in [-0.2, 0) is 0 Å². The van der Waals surface area contributed by atoms with E-state index in [9.17, 15) is 0 Å². The molecular formula is C18H22N2. The third-order valence-electron chi connectivity index (χ3n) is 4.39. The fourth-order valence-electron chi connectivity index (χ4n) is 3.27. The molecule has 0 unspecified atom stereocenters. The van der Waals surface area contributed by atoms with E-state index in [1.54, 1.807) is 0 Å². The van der Waals surface area contributed by atoms with Gasteiger partial charge in [-0.25, -0.2) is 0 Å². The van der Waals surface area contributed by atoms with Crippen molar-refractivity contribution in [3.05, 3.63) is 66.0 Å². The molecule has 0 spiro atoms. The predicted octanol–water partition coefficient (Wildman–Crippen LogP) is 4.37. The summed E-state index contributed by atoms with van der Waals surface area (Å²) in [5.74, 6) is 0. The zero-order valence-corrected chi connectivity index (χ0v) is 12.1. The molecule has 20 heavy (non-hydrogen) atoms. The molecule has 0 radical (unpaired) electrons. The molecule has 0 saturated carbocycles. The van der Waals surface area contributed by atoms with Crippen LogP contribution in [0.4, 0.5) is 0 Å². The first-order chi connectivity index (χ1) is 9.86. The fraction of sp³-hybridized carbons (Fsp3) is 0.389. The van der Waals surface area contributed by atoms with Gasteiger partial charge in [-0.3, -0.25) is 9.88 Å². The minimum Gasteiger partial charge on any atom is -0.290 e. The summed E-state index contributed by atoms with van der Waals surface area (Å²) >= 11 is 0. The third-order valence-corrected chi connectivity index (χ3v) is 4.39. The first-order valence-electron chi connectivity index (χ1n) is 7.57. The zero-order valence-electron chi connectivity index (χ0n) is 12.1. The number of piperidine rings is 1. The average Bonchev–Trinajstić information content (AvgIpc) is 2.56. The lowest BCUT2D eigenvalue weighted by Crippen LogP contribution is -2.35. The fourth-order valence-corrected chi connectivity index (χ4v) is 3.27. The van der Waals surface area contributed by atoms with E-state index >= 15 is 0 Å². The first kappa shape index (κ1) is 13.3. The number of benzene rings is 1. The van der Waals surface area contributed by atoms with Crippen LogP contribution in [0.5, 0.6) is 0 Å². The highest BCUT2D eigenvalue weighted by atomic mass is 15.2. The lowest BCUT2D eigenvalue weighted by atomic mass is 9.93. The van der Waals surface area contributed by atoms with Crippen LogP contribution in [0.2, 0.25) is 0 Å². The number of nitrogens with zero attached hydrogens (tertiary/aromatic N) is 2. The third kappa shape index (κ3) is 2.75. The van der Waals surface area contributed by atoms with Crippen molar-refractivity contribution in [1.82, 2.24) is 9.88 Å². The second-order valence-corrected chi connectivity index (χ2v) is 5.62. The Kier molecular flexibility index (Phi) is 4.12. The average molecular weight is 266 g/mol. The molecule has 2 heteroatoms. The van der Waals surface area contributed by atoms with Gasteiger partial charge < -0.3 is 0 Å². The maximum Gasteiger partial charge on any atom is 0.0369 e. The summed E-state index contributed by atoms with van der Waals surface area (Å²) in [6.07, 6.45) is 7.74. The number of hydrogen-bond acceptors (Lipinski definition) is 2. The maximum atomic E-state index is 4.30. The van der Waals surface area contributed by atoms with E-state index in [-0.39, 0.29) is 0 Å². The molecule has 1 aromatic carbocycles. The summed E-state index contributed by atoms with van der Waals surface area (Å²) in [6.45, 7) is 3.50. The van der Waals surface area contributed by atoms with E-state index in [1.165, 1.54) is 36.9 Å². The topological polar surface area (TPSA) is 16.1 Å². The van der Waals surface area contributed by atoms with Gasteiger partial charge in [0.15, 0.2) is 0 Å². The number of hydrogen-bond donors (Lipinski definition) is 0. The molecule has 104 valence electrons. The van der Waals surface area contributed by atoms with Gasteiger partial charge in [0, 0.05) is 24.5 Å². The highest BCUT2D eigenvalue weighted by Crippen LogP contribution is 2.36. The smallest absolute Gasteiger partial charge is 0.0369 e. The molecule has 2 heterocycles. The Morgan fingerprint density at radius 3 is 2.70 bits per heavy atom. The van der Waals surface area contributed by atoms with Crippen molar-refractivity contribution < 1.29 is 0 Å². The van der Waals surface area contributed by atoms with Gasteiger partial charge in [0.25, 0.3) is 0 Å². The van der Waals surface area contributed by atoms with Gasteiger partial charge in [-0.1, -0.05) is 42.8 Å². The number of rotatable bonds is 3. The van der Waals surface area contributed by atoms with E-state index in [1.807, 2.05) is 12.4 Å². The van der Waals surface area contributed by atoms with Crippen molar-refractivity contribution in [2.24, 2.45) is 0 Å². The molecule has 3 rings (SSSR count). The molecule has 2 aromatic rings. The Hall–Kier alpha value is -1.67. The molecule has 1 aliphatic heterocycles. The van der Waals surface area contributed by atoms with E-state index in [2.05, 4.69) is 59.3 Å². The number of aromatic nitrogens is 1. The van der Waals surface area contributed by atoms with Crippen LogP contribution in [0.3, 0.4) is 0 Å². The van der Waals surface area contributed by atoms with Crippen LogP contribution < -0.4 is 0 Å². The SMILES string of the molecule is C[C@@H](c1ccccc1)N1CCCC[C@@H]1c1cccnc1. The van der Waals surface area contributed by atoms with Gasteiger partial charge in [0.05, 0.1) is 0 Å². The van der Waals surface area contributed by atoms with Crippen molar-refractivity contribution in [3.63, 3.8) is 0 Å². The lowest BCUT2D eigenvalue weighted by molar-refractivity contribution is 0.103. The number of pyridine rings is 1. The van der Waals surface area contributed by atoms with Crippen LogP contribution >= 0.6 is 0 Å². The van der Waals surface area contributed by atoms with Crippen molar-refractivity contribution in [2.45, 2.75) is 38.3 Å². The van der Waals surface area contributed by atoms with E-state index in [0.717, 1.165) is 0 Å². The first-order valence-corrected chi connectivity index (χ1v) is 7.57. The highest BCUT2D eigenvalue weighted by molar-refractivity contribution is 5.21. The van der Waals surface area contributed by atoms with Crippen LogP contribution in [0.1, 0.15) is 49.4 Å². The Morgan fingerprint density at radius 1 is 1.10 bits per heavy atom. The summed E-state index contributed by atoms with van der Waals surface area (Å²) < 4.78 is 0. The van der Waals surface area contributed by atoms with Gasteiger partial charge in [0.2, 0.25) is 0 Å².